The zero-order valence-corrected chi connectivity index (χ0v) is 20.3. The van der Waals surface area contributed by atoms with E-state index in [0.717, 1.165) is 42.5 Å². The van der Waals surface area contributed by atoms with E-state index in [-0.39, 0.29) is 6.03 Å². The first kappa shape index (κ1) is 23.9. The first-order chi connectivity index (χ1) is 16.4. The summed E-state index contributed by atoms with van der Waals surface area (Å²) in [5.74, 6) is 0.159. The molecule has 2 aliphatic heterocycles. The number of piperazine rings is 1. The lowest BCUT2D eigenvalue weighted by Crippen LogP contribution is -2.51. The van der Waals surface area contributed by atoms with Crippen molar-refractivity contribution in [2.45, 2.75) is 13.0 Å². The van der Waals surface area contributed by atoms with Crippen LogP contribution in [0.1, 0.15) is 17.2 Å². The number of benzene rings is 2. The second-order valence-corrected chi connectivity index (χ2v) is 8.82. The number of carbonyl (C=O) groups is 2. The number of aryl methyl sites for hydroxylation is 1. The monoisotopic (exact) mass is 484 g/mol. The van der Waals surface area contributed by atoms with E-state index in [1.54, 1.807) is 7.11 Å². The summed E-state index contributed by atoms with van der Waals surface area (Å²) in [7, 11) is 2.92. The topological polar surface area (TPSA) is 83.1 Å². The molecule has 8 nitrogen and oxygen atoms in total. The summed E-state index contributed by atoms with van der Waals surface area (Å²) >= 11 is 6.21. The van der Waals surface area contributed by atoms with Gasteiger partial charge in [-0.3, -0.25) is 4.90 Å². The number of anilines is 1. The molecule has 0 saturated carbocycles. The quantitative estimate of drug-likeness (QED) is 0.612. The summed E-state index contributed by atoms with van der Waals surface area (Å²) in [4.78, 5) is 29.9. The molecule has 2 aliphatic rings. The minimum atomic E-state index is -0.637. The van der Waals surface area contributed by atoms with Crippen LogP contribution in [0.4, 0.5) is 10.5 Å². The van der Waals surface area contributed by atoms with Crippen LogP contribution in [0.15, 0.2) is 53.7 Å². The molecule has 180 valence electrons. The van der Waals surface area contributed by atoms with Gasteiger partial charge in [-0.25, -0.2) is 9.59 Å². The molecular formula is C25H29ClN4O4. The molecule has 0 radical (unpaired) electrons. The fourth-order valence-corrected chi connectivity index (χ4v) is 4.62. The number of nitrogens with one attached hydrogen (secondary N) is 2. The van der Waals surface area contributed by atoms with Crippen molar-refractivity contribution in [1.29, 1.82) is 0 Å². The predicted molar refractivity (Wildman–Crippen MR) is 131 cm³/mol. The van der Waals surface area contributed by atoms with Crippen molar-refractivity contribution in [1.82, 2.24) is 15.5 Å². The van der Waals surface area contributed by atoms with Crippen LogP contribution in [0.5, 0.6) is 5.75 Å². The van der Waals surface area contributed by atoms with Crippen LogP contribution in [0, 0.1) is 6.92 Å². The van der Waals surface area contributed by atoms with E-state index >= 15 is 0 Å². The summed E-state index contributed by atoms with van der Waals surface area (Å²) in [5.41, 5.74) is 4.00. The summed E-state index contributed by atoms with van der Waals surface area (Å²) < 4.78 is 10.4. The molecule has 0 bridgehead atoms. The molecule has 0 aromatic heterocycles. The van der Waals surface area contributed by atoms with E-state index < -0.39 is 12.0 Å². The van der Waals surface area contributed by atoms with E-state index in [1.165, 1.54) is 12.7 Å². The Kier molecular flexibility index (Phi) is 7.29. The molecule has 4 rings (SSSR count). The molecule has 1 atom stereocenters. The van der Waals surface area contributed by atoms with Crippen molar-refractivity contribution < 1.29 is 19.1 Å². The molecule has 2 N–H and O–H groups in total. The number of urea groups is 1. The molecule has 34 heavy (non-hydrogen) atoms. The van der Waals surface area contributed by atoms with E-state index in [9.17, 15) is 9.59 Å². The predicted octanol–water partition coefficient (Wildman–Crippen LogP) is 3.26. The highest BCUT2D eigenvalue weighted by Crippen LogP contribution is 2.30. The third-order valence-corrected chi connectivity index (χ3v) is 6.49. The smallest absolute Gasteiger partial charge is 0.338 e. The van der Waals surface area contributed by atoms with Gasteiger partial charge in [-0.05, 0) is 42.3 Å². The second kappa shape index (κ2) is 10.4. The number of rotatable bonds is 6. The number of carbonyl (C=O) groups excluding carboxylic acids is 2. The Morgan fingerprint density at radius 1 is 1.12 bits per heavy atom. The Hall–Kier alpha value is -3.23. The number of nitrogens with zero attached hydrogens (tertiary/aromatic N) is 2. The fraction of sp³-hybridized carbons (Fsp3) is 0.360. The maximum Gasteiger partial charge on any atom is 0.338 e. The highest BCUT2D eigenvalue weighted by Gasteiger charge is 2.34. The maximum atomic E-state index is 12.8. The Bertz CT molecular complexity index is 1110. The average Bonchev–Trinajstić information content (AvgIpc) is 2.85. The van der Waals surface area contributed by atoms with E-state index in [4.69, 9.17) is 21.1 Å². The molecule has 2 aromatic rings. The number of amides is 2. The number of ether oxygens (including phenoxy) is 2. The Morgan fingerprint density at radius 3 is 2.59 bits per heavy atom. The molecule has 1 fully saturated rings. The molecule has 2 aromatic carbocycles. The minimum absolute atomic E-state index is 0.358. The van der Waals surface area contributed by atoms with Crippen molar-refractivity contribution in [3.63, 3.8) is 0 Å². The third kappa shape index (κ3) is 5.13. The first-order valence-corrected chi connectivity index (χ1v) is 11.5. The summed E-state index contributed by atoms with van der Waals surface area (Å²) in [6.45, 7) is 5.69. The average molecular weight is 485 g/mol. The molecule has 0 unspecified atom stereocenters. The SMILES string of the molecule is COC(=O)C1=C(CN2CCN(c3cc(Cl)ccc3C)CC2)NC(=O)N[C@H]1c1cccc(OC)c1. The minimum Gasteiger partial charge on any atom is -0.497 e. The Morgan fingerprint density at radius 2 is 1.88 bits per heavy atom. The number of methoxy groups -OCH3 is 2. The molecular weight excluding hydrogens is 456 g/mol. The van der Waals surface area contributed by atoms with Crippen LogP contribution in [0.3, 0.4) is 0 Å². The normalized spacial score (nSPS) is 18.9. The third-order valence-electron chi connectivity index (χ3n) is 6.25. The van der Waals surface area contributed by atoms with Gasteiger partial charge in [0, 0.05) is 49.1 Å². The van der Waals surface area contributed by atoms with Crippen molar-refractivity contribution >= 4 is 29.3 Å². The van der Waals surface area contributed by atoms with Gasteiger partial charge in [-0.15, -0.1) is 0 Å². The largest absolute Gasteiger partial charge is 0.497 e. The Labute approximate surface area is 204 Å². The molecule has 0 spiro atoms. The van der Waals surface area contributed by atoms with Gasteiger partial charge in [0.15, 0.2) is 0 Å². The van der Waals surface area contributed by atoms with Crippen LogP contribution >= 0.6 is 11.6 Å². The summed E-state index contributed by atoms with van der Waals surface area (Å²) in [6, 6.07) is 12.2. The van der Waals surface area contributed by atoms with Crippen LogP contribution in [0.2, 0.25) is 5.02 Å². The van der Waals surface area contributed by atoms with Crippen LogP contribution < -0.4 is 20.3 Å². The lowest BCUT2D eigenvalue weighted by atomic mass is 9.94. The van der Waals surface area contributed by atoms with Gasteiger partial charge in [0.25, 0.3) is 0 Å². The van der Waals surface area contributed by atoms with Crippen molar-refractivity contribution in [3.8, 4) is 5.75 Å². The molecule has 2 amide bonds. The number of halogens is 1. The number of hydrogen-bond acceptors (Lipinski definition) is 6. The zero-order chi connectivity index (χ0) is 24.2. The van der Waals surface area contributed by atoms with Crippen molar-refractivity contribution in [2.75, 3.05) is 51.8 Å². The lowest BCUT2D eigenvalue weighted by Gasteiger charge is -2.38. The number of esters is 1. The summed E-state index contributed by atoms with van der Waals surface area (Å²) in [5, 5.41) is 6.41. The van der Waals surface area contributed by atoms with Crippen LogP contribution in [0.25, 0.3) is 0 Å². The van der Waals surface area contributed by atoms with E-state index in [1.807, 2.05) is 42.5 Å². The van der Waals surface area contributed by atoms with Crippen molar-refractivity contribution in [2.24, 2.45) is 0 Å². The van der Waals surface area contributed by atoms with E-state index in [2.05, 4.69) is 27.4 Å². The van der Waals surface area contributed by atoms with Crippen LogP contribution in [-0.2, 0) is 9.53 Å². The maximum absolute atomic E-state index is 12.8. The van der Waals surface area contributed by atoms with Gasteiger partial charge in [0.05, 0.1) is 25.8 Å². The van der Waals surface area contributed by atoms with Gasteiger partial charge in [-0.1, -0.05) is 29.8 Å². The lowest BCUT2D eigenvalue weighted by molar-refractivity contribution is -0.136. The zero-order valence-electron chi connectivity index (χ0n) is 19.6. The molecule has 9 heteroatoms. The highest BCUT2D eigenvalue weighted by molar-refractivity contribution is 6.30. The fourth-order valence-electron chi connectivity index (χ4n) is 4.46. The first-order valence-electron chi connectivity index (χ1n) is 11.2. The number of hydrogen-bond donors (Lipinski definition) is 2. The summed E-state index contributed by atoms with van der Waals surface area (Å²) in [6.07, 6.45) is 0. The highest BCUT2D eigenvalue weighted by atomic mass is 35.5. The van der Waals surface area contributed by atoms with E-state index in [0.29, 0.717) is 23.6 Å². The molecule has 0 aliphatic carbocycles. The standard InChI is InChI=1S/C25H29ClN4O4/c1-16-7-8-18(26)14-21(16)30-11-9-29(10-12-30)15-20-22(24(31)34-3)23(28-25(32)27-20)17-5-4-6-19(13-17)33-2/h4-8,13-14,23H,9-12,15H2,1-3H3,(H2,27,28,32)/t23-/m0/s1. The molecule has 1 saturated heterocycles. The van der Waals surface area contributed by atoms with Crippen molar-refractivity contribution in [3.05, 3.63) is 69.9 Å². The molecule has 2 heterocycles. The Balaban J connectivity index is 1.56. The van der Waals surface area contributed by atoms with Gasteiger partial charge in [0.2, 0.25) is 0 Å². The van der Waals surface area contributed by atoms with Gasteiger partial charge >= 0.3 is 12.0 Å². The van der Waals surface area contributed by atoms with Gasteiger partial charge < -0.3 is 25.0 Å². The van der Waals surface area contributed by atoms with Gasteiger partial charge in [0.1, 0.15) is 5.75 Å². The second-order valence-electron chi connectivity index (χ2n) is 8.39. The van der Waals surface area contributed by atoms with Gasteiger partial charge in [-0.2, -0.15) is 0 Å². The van der Waals surface area contributed by atoms with Crippen LogP contribution in [-0.4, -0.2) is 63.8 Å².